The molecule has 2 amide bonds. The minimum Gasteiger partial charge on any atom is -0.496 e. The molecular weight excluding hydrogens is 355 g/mol. The number of rotatable bonds is 8. The van der Waals surface area contributed by atoms with Gasteiger partial charge in [0.15, 0.2) is 0 Å². The fraction of sp³-hybridized carbons (Fsp3) is 0.263. The highest BCUT2D eigenvalue weighted by Crippen LogP contribution is 2.17. The van der Waals surface area contributed by atoms with Gasteiger partial charge in [-0.3, -0.25) is 9.59 Å². The number of halogens is 1. The highest BCUT2D eigenvalue weighted by atomic mass is 32.2. The minimum absolute atomic E-state index is 0.126. The molecule has 0 aliphatic carbocycles. The Kier molecular flexibility index (Phi) is 7.47. The summed E-state index contributed by atoms with van der Waals surface area (Å²) in [6.45, 7) is 2.10. The molecule has 0 aromatic heterocycles. The number of benzene rings is 2. The van der Waals surface area contributed by atoms with Crippen molar-refractivity contribution >= 4 is 29.3 Å². The fourth-order valence-electron chi connectivity index (χ4n) is 2.18. The van der Waals surface area contributed by atoms with Crippen molar-refractivity contribution in [2.75, 3.05) is 18.2 Å². The van der Waals surface area contributed by atoms with Gasteiger partial charge in [-0.25, -0.2) is 4.39 Å². The van der Waals surface area contributed by atoms with Gasteiger partial charge in [-0.1, -0.05) is 18.2 Å². The number of carbonyl (C=O) groups is 2. The zero-order chi connectivity index (χ0) is 18.9. The summed E-state index contributed by atoms with van der Waals surface area (Å²) in [4.78, 5) is 24.1. The predicted molar refractivity (Wildman–Crippen MR) is 102 cm³/mol. The van der Waals surface area contributed by atoms with E-state index < -0.39 is 0 Å². The summed E-state index contributed by atoms with van der Waals surface area (Å²) < 4.78 is 18.1. The number of hydrogen-bond acceptors (Lipinski definition) is 4. The summed E-state index contributed by atoms with van der Waals surface area (Å²) in [5.41, 5.74) is 1.40. The van der Waals surface area contributed by atoms with E-state index in [9.17, 15) is 14.0 Å². The van der Waals surface area contributed by atoms with Crippen LogP contribution >= 0.6 is 11.8 Å². The molecule has 0 radical (unpaired) electrons. The Bertz CT molecular complexity index is 753. The largest absolute Gasteiger partial charge is 0.496 e. The van der Waals surface area contributed by atoms with Crippen molar-refractivity contribution in [2.24, 2.45) is 0 Å². The zero-order valence-corrected chi connectivity index (χ0v) is 15.4. The average molecular weight is 376 g/mol. The number of nitrogens with one attached hydrogen (secondary N) is 2. The van der Waals surface area contributed by atoms with E-state index in [1.807, 2.05) is 24.3 Å². The standard InChI is InChI=1S/C19H21FN2O3S/c1-13(19(24)21-11-14-5-3-4-6-17(14)25-2)26-12-18(23)22-16-9-7-15(20)8-10-16/h3-10,13H,11-12H2,1-2H3,(H,21,24)(H,22,23). The second-order valence-corrected chi connectivity index (χ2v) is 6.87. The highest BCUT2D eigenvalue weighted by molar-refractivity contribution is 8.01. The van der Waals surface area contributed by atoms with Crippen molar-refractivity contribution < 1.29 is 18.7 Å². The number of carbonyl (C=O) groups excluding carboxylic acids is 2. The fourth-order valence-corrected chi connectivity index (χ4v) is 2.89. The molecule has 0 aliphatic heterocycles. The molecule has 0 spiro atoms. The quantitative estimate of drug-likeness (QED) is 0.742. The summed E-state index contributed by atoms with van der Waals surface area (Å²) in [7, 11) is 1.58. The van der Waals surface area contributed by atoms with E-state index in [1.54, 1.807) is 14.0 Å². The third-order valence-electron chi connectivity index (χ3n) is 3.61. The van der Waals surface area contributed by atoms with E-state index in [0.717, 1.165) is 5.56 Å². The minimum atomic E-state index is -0.385. The molecule has 2 rings (SSSR count). The van der Waals surface area contributed by atoms with Crippen LogP contribution < -0.4 is 15.4 Å². The lowest BCUT2D eigenvalue weighted by atomic mass is 10.2. The summed E-state index contributed by atoms with van der Waals surface area (Å²) in [5, 5.41) is 5.12. The maximum Gasteiger partial charge on any atom is 0.234 e. The van der Waals surface area contributed by atoms with Gasteiger partial charge in [0, 0.05) is 17.8 Å². The Hall–Kier alpha value is -2.54. The highest BCUT2D eigenvalue weighted by Gasteiger charge is 2.15. The first kappa shape index (κ1) is 19.8. The predicted octanol–water partition coefficient (Wildman–Crippen LogP) is 3.21. The number of anilines is 1. The number of ether oxygens (including phenoxy) is 1. The Morgan fingerprint density at radius 1 is 1.15 bits per heavy atom. The molecule has 7 heteroatoms. The molecule has 2 N–H and O–H groups in total. The molecule has 1 unspecified atom stereocenters. The third-order valence-corrected chi connectivity index (χ3v) is 4.75. The first-order valence-electron chi connectivity index (χ1n) is 8.06. The van der Waals surface area contributed by atoms with Crippen LogP contribution in [0.2, 0.25) is 0 Å². The summed E-state index contributed by atoms with van der Waals surface area (Å²) in [6, 6.07) is 13.0. The lowest BCUT2D eigenvalue weighted by molar-refractivity contribution is -0.120. The Balaban J connectivity index is 1.76. The van der Waals surface area contributed by atoms with Gasteiger partial charge in [0.05, 0.1) is 18.1 Å². The van der Waals surface area contributed by atoms with Gasteiger partial charge in [-0.05, 0) is 37.3 Å². The van der Waals surface area contributed by atoms with Gasteiger partial charge in [-0.2, -0.15) is 0 Å². The number of hydrogen-bond donors (Lipinski definition) is 2. The topological polar surface area (TPSA) is 67.4 Å². The van der Waals surface area contributed by atoms with Crippen molar-refractivity contribution in [3.63, 3.8) is 0 Å². The van der Waals surface area contributed by atoms with Gasteiger partial charge in [0.2, 0.25) is 11.8 Å². The van der Waals surface area contributed by atoms with Gasteiger partial charge in [0.25, 0.3) is 0 Å². The third kappa shape index (κ3) is 6.07. The monoisotopic (exact) mass is 376 g/mol. The first-order valence-corrected chi connectivity index (χ1v) is 9.11. The summed E-state index contributed by atoms with van der Waals surface area (Å²) in [5.74, 6) is 0.0756. The zero-order valence-electron chi connectivity index (χ0n) is 14.6. The molecule has 138 valence electrons. The first-order chi connectivity index (χ1) is 12.5. The van der Waals surface area contributed by atoms with E-state index in [2.05, 4.69) is 10.6 Å². The molecule has 0 bridgehead atoms. The summed E-state index contributed by atoms with van der Waals surface area (Å²) >= 11 is 1.23. The molecule has 0 aliphatic rings. The maximum absolute atomic E-state index is 12.8. The van der Waals surface area contributed by atoms with E-state index >= 15 is 0 Å². The van der Waals surface area contributed by atoms with E-state index in [0.29, 0.717) is 18.0 Å². The maximum atomic E-state index is 12.8. The second-order valence-electron chi connectivity index (χ2n) is 5.54. The number of methoxy groups -OCH3 is 1. The van der Waals surface area contributed by atoms with Crippen LogP contribution in [0.3, 0.4) is 0 Å². The van der Waals surface area contributed by atoms with Crippen LogP contribution in [0.1, 0.15) is 12.5 Å². The SMILES string of the molecule is COc1ccccc1CNC(=O)C(C)SCC(=O)Nc1ccc(F)cc1. The summed E-state index contributed by atoms with van der Waals surface area (Å²) in [6.07, 6.45) is 0. The number of para-hydroxylation sites is 1. The molecule has 0 saturated carbocycles. The smallest absolute Gasteiger partial charge is 0.234 e. The van der Waals surface area contributed by atoms with Crippen molar-refractivity contribution in [2.45, 2.75) is 18.7 Å². The molecule has 0 saturated heterocycles. The van der Waals surface area contributed by atoms with Crippen LogP contribution in [-0.2, 0) is 16.1 Å². The Labute approximate surface area is 156 Å². The Morgan fingerprint density at radius 3 is 2.54 bits per heavy atom. The van der Waals surface area contributed by atoms with Crippen LogP contribution in [0.25, 0.3) is 0 Å². The average Bonchev–Trinajstić information content (AvgIpc) is 2.66. The van der Waals surface area contributed by atoms with Gasteiger partial charge in [0.1, 0.15) is 11.6 Å². The van der Waals surface area contributed by atoms with Gasteiger partial charge < -0.3 is 15.4 Å². The molecule has 0 heterocycles. The molecule has 5 nitrogen and oxygen atoms in total. The van der Waals surface area contributed by atoms with E-state index in [4.69, 9.17) is 4.74 Å². The van der Waals surface area contributed by atoms with Crippen molar-refractivity contribution in [3.05, 3.63) is 59.9 Å². The van der Waals surface area contributed by atoms with Gasteiger partial charge >= 0.3 is 0 Å². The van der Waals surface area contributed by atoms with E-state index in [-0.39, 0.29) is 28.6 Å². The van der Waals surface area contributed by atoms with Crippen molar-refractivity contribution in [1.82, 2.24) is 5.32 Å². The van der Waals surface area contributed by atoms with Gasteiger partial charge in [-0.15, -0.1) is 11.8 Å². The van der Waals surface area contributed by atoms with Crippen molar-refractivity contribution in [3.8, 4) is 5.75 Å². The van der Waals surface area contributed by atoms with Crippen LogP contribution in [0.15, 0.2) is 48.5 Å². The van der Waals surface area contributed by atoms with Crippen LogP contribution in [0.4, 0.5) is 10.1 Å². The lowest BCUT2D eigenvalue weighted by Gasteiger charge is -2.13. The molecule has 2 aromatic rings. The second kappa shape index (κ2) is 9.82. The molecule has 0 fully saturated rings. The lowest BCUT2D eigenvalue weighted by Crippen LogP contribution is -2.31. The van der Waals surface area contributed by atoms with Crippen molar-refractivity contribution in [1.29, 1.82) is 0 Å². The van der Waals surface area contributed by atoms with Crippen LogP contribution in [-0.4, -0.2) is 29.9 Å². The number of amides is 2. The Morgan fingerprint density at radius 2 is 1.85 bits per heavy atom. The van der Waals surface area contributed by atoms with Crippen LogP contribution in [0.5, 0.6) is 5.75 Å². The molecule has 1 atom stereocenters. The molecule has 2 aromatic carbocycles. The van der Waals surface area contributed by atoms with E-state index in [1.165, 1.54) is 36.0 Å². The molecule has 26 heavy (non-hydrogen) atoms. The van der Waals surface area contributed by atoms with Crippen LogP contribution in [0, 0.1) is 5.82 Å². The molecular formula is C19H21FN2O3S. The number of thioether (sulfide) groups is 1. The normalized spacial score (nSPS) is 11.5.